The van der Waals surface area contributed by atoms with Crippen molar-refractivity contribution >= 4 is 17.5 Å². The van der Waals surface area contributed by atoms with E-state index in [2.05, 4.69) is 16.3 Å². The van der Waals surface area contributed by atoms with Crippen LogP contribution in [0.15, 0.2) is 54.6 Å². The number of aryl methyl sites for hydroxylation is 1. The van der Waals surface area contributed by atoms with E-state index >= 15 is 0 Å². The van der Waals surface area contributed by atoms with Crippen molar-refractivity contribution in [1.82, 2.24) is 15.1 Å². The van der Waals surface area contributed by atoms with Gasteiger partial charge in [0.05, 0.1) is 17.3 Å². The van der Waals surface area contributed by atoms with Crippen LogP contribution in [0.1, 0.15) is 35.7 Å². The van der Waals surface area contributed by atoms with Gasteiger partial charge in [-0.25, -0.2) is 4.39 Å². The standard InChI is InChI=1S/C24H25ClFN3O2/c25-21-3-1-2-4-23(21)31-14-12-20-15-22(28-27-20)18-11-13-29(16-18)24(30)10-7-17-5-8-19(26)9-6-17/h1-6,8-9,15,18H,7,10-14,16H2,(H,27,28). The molecule has 1 aliphatic rings. The second kappa shape index (κ2) is 9.96. The van der Waals surface area contributed by atoms with Gasteiger partial charge in [-0.3, -0.25) is 9.89 Å². The second-order valence-electron chi connectivity index (χ2n) is 7.80. The van der Waals surface area contributed by atoms with Crippen molar-refractivity contribution in [3.05, 3.63) is 82.4 Å². The Hall–Kier alpha value is -2.86. The molecule has 0 aliphatic carbocycles. The van der Waals surface area contributed by atoms with Crippen LogP contribution in [0.25, 0.3) is 0 Å². The number of benzene rings is 2. The Kier molecular flexibility index (Phi) is 6.87. The highest BCUT2D eigenvalue weighted by Crippen LogP contribution is 2.27. The number of para-hydroxylation sites is 1. The molecule has 0 radical (unpaired) electrons. The van der Waals surface area contributed by atoms with Gasteiger partial charge in [-0.2, -0.15) is 5.10 Å². The largest absolute Gasteiger partial charge is 0.492 e. The first-order valence-electron chi connectivity index (χ1n) is 10.5. The van der Waals surface area contributed by atoms with Crippen LogP contribution in [-0.4, -0.2) is 40.7 Å². The Morgan fingerprint density at radius 3 is 2.81 bits per heavy atom. The lowest BCUT2D eigenvalue weighted by atomic mass is 10.0. The lowest BCUT2D eigenvalue weighted by molar-refractivity contribution is -0.130. The lowest BCUT2D eigenvalue weighted by Crippen LogP contribution is -2.28. The zero-order valence-corrected chi connectivity index (χ0v) is 17.9. The van der Waals surface area contributed by atoms with Gasteiger partial charge in [0.25, 0.3) is 0 Å². The van der Waals surface area contributed by atoms with Crippen LogP contribution in [0, 0.1) is 5.82 Å². The molecule has 5 nitrogen and oxygen atoms in total. The normalized spacial score (nSPS) is 15.9. The molecule has 1 N–H and O–H groups in total. The van der Waals surface area contributed by atoms with Gasteiger partial charge in [0, 0.05) is 37.5 Å². The predicted molar refractivity (Wildman–Crippen MR) is 118 cm³/mol. The van der Waals surface area contributed by atoms with Crippen molar-refractivity contribution in [1.29, 1.82) is 0 Å². The number of amides is 1. The average Bonchev–Trinajstić information content (AvgIpc) is 3.44. The van der Waals surface area contributed by atoms with E-state index in [1.54, 1.807) is 18.2 Å². The topological polar surface area (TPSA) is 58.2 Å². The summed E-state index contributed by atoms with van der Waals surface area (Å²) in [7, 11) is 0. The second-order valence-corrected chi connectivity index (χ2v) is 8.21. The fourth-order valence-electron chi connectivity index (χ4n) is 3.84. The summed E-state index contributed by atoms with van der Waals surface area (Å²) in [6, 6.07) is 15.8. The van der Waals surface area contributed by atoms with Crippen LogP contribution < -0.4 is 4.74 Å². The Labute approximate surface area is 186 Å². The number of hydrogen-bond donors (Lipinski definition) is 1. The highest BCUT2D eigenvalue weighted by atomic mass is 35.5. The first-order chi connectivity index (χ1) is 15.1. The highest BCUT2D eigenvalue weighted by Gasteiger charge is 2.28. The summed E-state index contributed by atoms with van der Waals surface area (Å²) >= 11 is 6.11. The quantitative estimate of drug-likeness (QED) is 0.547. The molecular weight excluding hydrogens is 417 g/mol. The van der Waals surface area contributed by atoms with Crippen LogP contribution in [-0.2, 0) is 17.6 Å². The third-order valence-electron chi connectivity index (χ3n) is 5.62. The van der Waals surface area contributed by atoms with Crippen molar-refractivity contribution < 1.29 is 13.9 Å². The van der Waals surface area contributed by atoms with Crippen LogP contribution in [0.3, 0.4) is 0 Å². The summed E-state index contributed by atoms with van der Waals surface area (Å²) in [4.78, 5) is 14.5. The highest BCUT2D eigenvalue weighted by molar-refractivity contribution is 6.32. The molecule has 1 aromatic heterocycles. The minimum Gasteiger partial charge on any atom is -0.492 e. The smallest absolute Gasteiger partial charge is 0.222 e. The first-order valence-corrected chi connectivity index (χ1v) is 10.9. The van der Waals surface area contributed by atoms with Gasteiger partial charge < -0.3 is 9.64 Å². The van der Waals surface area contributed by atoms with Gasteiger partial charge in [-0.05, 0) is 48.7 Å². The van der Waals surface area contributed by atoms with E-state index in [9.17, 15) is 9.18 Å². The van der Waals surface area contributed by atoms with Crippen LogP contribution >= 0.6 is 11.6 Å². The molecule has 1 amide bonds. The monoisotopic (exact) mass is 441 g/mol. The van der Waals surface area contributed by atoms with Crippen LogP contribution in [0.2, 0.25) is 5.02 Å². The van der Waals surface area contributed by atoms with Crippen molar-refractivity contribution in [2.24, 2.45) is 0 Å². The zero-order valence-electron chi connectivity index (χ0n) is 17.2. The van der Waals surface area contributed by atoms with Crippen LogP contribution in [0.5, 0.6) is 5.75 Å². The predicted octanol–water partition coefficient (Wildman–Crippen LogP) is 4.77. The molecule has 2 heterocycles. The first kappa shape index (κ1) is 21.4. The minimum absolute atomic E-state index is 0.135. The molecule has 162 valence electrons. The molecule has 3 aromatic rings. The lowest BCUT2D eigenvalue weighted by Gasteiger charge is -2.16. The van der Waals surface area contributed by atoms with E-state index in [4.69, 9.17) is 16.3 Å². The Morgan fingerprint density at radius 2 is 2.00 bits per heavy atom. The van der Waals surface area contributed by atoms with E-state index in [-0.39, 0.29) is 17.6 Å². The fourth-order valence-corrected chi connectivity index (χ4v) is 4.03. The molecule has 0 bridgehead atoms. The number of halogens is 2. The molecule has 31 heavy (non-hydrogen) atoms. The summed E-state index contributed by atoms with van der Waals surface area (Å²) in [6.07, 6.45) is 2.66. The number of nitrogens with one attached hydrogen (secondary N) is 1. The number of rotatable bonds is 8. The summed E-state index contributed by atoms with van der Waals surface area (Å²) in [5.74, 6) is 0.792. The maximum atomic E-state index is 13.0. The van der Waals surface area contributed by atoms with E-state index in [0.717, 1.165) is 29.9 Å². The van der Waals surface area contributed by atoms with Crippen molar-refractivity contribution in [3.8, 4) is 5.75 Å². The summed E-state index contributed by atoms with van der Waals surface area (Å²) in [6.45, 7) is 1.93. The molecule has 1 aliphatic heterocycles. The van der Waals surface area contributed by atoms with Gasteiger partial charge in [0.1, 0.15) is 11.6 Å². The molecule has 2 aromatic carbocycles. The third-order valence-corrected chi connectivity index (χ3v) is 5.93. The number of hydrogen-bond acceptors (Lipinski definition) is 3. The zero-order chi connectivity index (χ0) is 21.6. The van der Waals surface area contributed by atoms with Gasteiger partial charge in [0.2, 0.25) is 5.91 Å². The summed E-state index contributed by atoms with van der Waals surface area (Å²) < 4.78 is 18.7. The number of ether oxygens (including phenoxy) is 1. The van der Waals surface area contributed by atoms with E-state index < -0.39 is 0 Å². The molecular formula is C24H25ClFN3O2. The molecule has 1 unspecified atom stereocenters. The van der Waals surface area contributed by atoms with E-state index in [0.29, 0.717) is 43.2 Å². The van der Waals surface area contributed by atoms with Gasteiger partial charge in [0.15, 0.2) is 0 Å². The van der Waals surface area contributed by atoms with Crippen molar-refractivity contribution in [3.63, 3.8) is 0 Å². The number of carbonyl (C=O) groups excluding carboxylic acids is 1. The van der Waals surface area contributed by atoms with E-state index in [1.165, 1.54) is 12.1 Å². The third kappa shape index (κ3) is 5.64. The van der Waals surface area contributed by atoms with Gasteiger partial charge >= 0.3 is 0 Å². The molecule has 0 saturated carbocycles. The molecule has 1 saturated heterocycles. The molecule has 0 spiro atoms. The fraction of sp³-hybridized carbons (Fsp3) is 0.333. The maximum Gasteiger partial charge on any atom is 0.222 e. The maximum absolute atomic E-state index is 13.0. The Balaban J connectivity index is 1.23. The van der Waals surface area contributed by atoms with Gasteiger partial charge in [-0.1, -0.05) is 35.9 Å². The van der Waals surface area contributed by atoms with E-state index in [1.807, 2.05) is 23.1 Å². The molecule has 1 atom stereocenters. The SMILES string of the molecule is O=C(CCc1ccc(F)cc1)N1CCC(c2cc(CCOc3ccccc3Cl)[nH]n2)C1. The number of H-pyrrole nitrogens is 1. The number of aromatic nitrogens is 2. The summed E-state index contributed by atoms with van der Waals surface area (Å²) in [5, 5.41) is 8.14. The number of likely N-dealkylation sites (tertiary alicyclic amines) is 1. The molecule has 1 fully saturated rings. The van der Waals surface area contributed by atoms with Crippen LogP contribution in [0.4, 0.5) is 4.39 Å². The number of aromatic amines is 1. The average molecular weight is 442 g/mol. The van der Waals surface area contributed by atoms with Crippen molar-refractivity contribution in [2.75, 3.05) is 19.7 Å². The van der Waals surface area contributed by atoms with Gasteiger partial charge in [-0.15, -0.1) is 0 Å². The number of nitrogens with zero attached hydrogens (tertiary/aromatic N) is 2. The summed E-state index contributed by atoms with van der Waals surface area (Å²) in [5.41, 5.74) is 2.96. The van der Waals surface area contributed by atoms with Crippen molar-refractivity contribution in [2.45, 2.75) is 31.6 Å². The Bertz CT molecular complexity index is 1020. The molecule has 7 heteroatoms. The minimum atomic E-state index is -0.258. The number of carbonyl (C=O) groups is 1. The Morgan fingerprint density at radius 1 is 1.19 bits per heavy atom. The molecule has 4 rings (SSSR count).